The molecule has 3 amide bonds. The van der Waals surface area contributed by atoms with Gasteiger partial charge in [0.1, 0.15) is 23.9 Å². The van der Waals surface area contributed by atoms with Gasteiger partial charge in [0.2, 0.25) is 17.7 Å². The van der Waals surface area contributed by atoms with E-state index in [0.717, 1.165) is 80.2 Å². The van der Waals surface area contributed by atoms with Crippen LogP contribution in [-0.2, 0) is 33.6 Å². The molecule has 244 valence electrons. The maximum atomic E-state index is 14.2. The van der Waals surface area contributed by atoms with E-state index in [9.17, 15) is 19.5 Å². The Bertz CT molecular complexity index is 1320. The predicted octanol–water partition coefficient (Wildman–Crippen LogP) is 3.22. The topological polar surface area (TPSA) is 120 Å². The lowest BCUT2D eigenvalue weighted by atomic mass is 9.83. The third-order valence-corrected chi connectivity index (χ3v) is 9.76. The fourth-order valence-electron chi connectivity index (χ4n) is 7.17. The lowest BCUT2D eigenvalue weighted by Crippen LogP contribution is -2.61. The Hall–Kier alpha value is -3.43. The average Bonchev–Trinajstić information content (AvgIpc) is 3.03. The maximum absolute atomic E-state index is 14.2. The first-order valence-corrected chi connectivity index (χ1v) is 16.8. The molecule has 2 aromatic carbocycles. The van der Waals surface area contributed by atoms with Crippen molar-refractivity contribution in [3.63, 3.8) is 0 Å². The van der Waals surface area contributed by atoms with E-state index in [0.29, 0.717) is 13.1 Å². The molecule has 2 bridgehead atoms. The molecule has 1 fully saturated rings. The van der Waals surface area contributed by atoms with Crippen LogP contribution in [0.3, 0.4) is 0 Å². The smallest absolute Gasteiger partial charge is 0.246 e. The number of aliphatic hydroxyl groups excluding tert-OH is 1. The fourth-order valence-corrected chi connectivity index (χ4v) is 7.17. The number of nitrogens with one attached hydrogen (secondary N) is 3. The van der Waals surface area contributed by atoms with Gasteiger partial charge in [-0.05, 0) is 75.0 Å². The number of likely N-dealkylation sites (N-methyl/N-ethyl adjacent to an activating group) is 1. The minimum Gasteiger partial charge on any atom is -0.489 e. The molecule has 2 heterocycles. The van der Waals surface area contributed by atoms with Gasteiger partial charge in [0.25, 0.3) is 0 Å². The average molecular weight is 619 g/mol. The summed E-state index contributed by atoms with van der Waals surface area (Å²) in [5, 5.41) is 20.3. The third-order valence-electron chi connectivity index (χ3n) is 9.76. The molecule has 45 heavy (non-hydrogen) atoms. The molecule has 2 aromatic rings. The molecule has 5 rings (SSSR count). The third kappa shape index (κ3) is 8.24. The second kappa shape index (κ2) is 15.2. The van der Waals surface area contributed by atoms with Gasteiger partial charge in [0.15, 0.2) is 0 Å². The highest BCUT2D eigenvalue weighted by Gasteiger charge is 2.39. The molecule has 0 saturated heterocycles. The summed E-state index contributed by atoms with van der Waals surface area (Å²) in [4.78, 5) is 43.0. The molecular weight excluding hydrogens is 568 g/mol. The van der Waals surface area contributed by atoms with Crippen LogP contribution >= 0.6 is 0 Å². The van der Waals surface area contributed by atoms with E-state index in [1.54, 1.807) is 7.05 Å². The van der Waals surface area contributed by atoms with Crippen LogP contribution in [0, 0.1) is 12.8 Å². The summed E-state index contributed by atoms with van der Waals surface area (Å²) in [5.41, 5.74) is 4.33. The first-order valence-electron chi connectivity index (χ1n) is 16.8. The molecule has 9 nitrogen and oxygen atoms in total. The molecule has 3 aliphatic rings. The van der Waals surface area contributed by atoms with Crippen molar-refractivity contribution in [1.82, 2.24) is 20.9 Å². The number of fused-ring (bicyclic) bond motifs is 1. The van der Waals surface area contributed by atoms with Gasteiger partial charge in [0.05, 0.1) is 12.1 Å². The lowest BCUT2D eigenvalue weighted by Gasteiger charge is -2.38. The summed E-state index contributed by atoms with van der Waals surface area (Å²) in [7, 11) is 1.59. The van der Waals surface area contributed by atoms with Gasteiger partial charge in [-0.1, -0.05) is 67.3 Å². The Kier molecular flexibility index (Phi) is 11.2. The fraction of sp³-hybridized carbons (Fsp3) is 0.583. The molecule has 2 aliphatic heterocycles. The van der Waals surface area contributed by atoms with Crippen molar-refractivity contribution >= 4 is 17.7 Å². The molecule has 0 aromatic heterocycles. The number of rotatable bonds is 4. The van der Waals surface area contributed by atoms with Gasteiger partial charge in [-0.25, -0.2) is 0 Å². The summed E-state index contributed by atoms with van der Waals surface area (Å²) in [6.45, 7) is 4.48. The molecule has 0 radical (unpaired) electrons. The summed E-state index contributed by atoms with van der Waals surface area (Å²) in [5.74, 6) is -0.00597. The van der Waals surface area contributed by atoms with Crippen molar-refractivity contribution in [3.8, 4) is 5.75 Å². The summed E-state index contributed by atoms with van der Waals surface area (Å²) in [6, 6.07) is 11.6. The zero-order chi connectivity index (χ0) is 31.9. The molecule has 2 unspecified atom stereocenters. The van der Waals surface area contributed by atoms with Crippen LogP contribution in [0.5, 0.6) is 5.75 Å². The number of para-hydroxylation sites is 1. The number of aliphatic hydroxyl groups is 1. The Labute approximate surface area is 267 Å². The summed E-state index contributed by atoms with van der Waals surface area (Å²) in [6.07, 6.45) is 7.42. The SMILES string of the molecule is Cc1ccc(C[C@H]2NC(=O)[C@H](C(C)O)N(C)C(=O)[C@H](C3CCCCC3)NCC3CCc4cccc(c4O3)CCCNC2=O)cc1. The van der Waals surface area contributed by atoms with E-state index < -0.39 is 30.1 Å². The van der Waals surface area contributed by atoms with Crippen LogP contribution in [-0.4, -0.2) is 78.2 Å². The normalized spacial score (nSPS) is 26.6. The summed E-state index contributed by atoms with van der Waals surface area (Å²) >= 11 is 0. The highest BCUT2D eigenvalue weighted by molar-refractivity contribution is 5.93. The van der Waals surface area contributed by atoms with Crippen LogP contribution in [0.15, 0.2) is 42.5 Å². The largest absolute Gasteiger partial charge is 0.489 e. The van der Waals surface area contributed by atoms with Crippen LogP contribution in [0.1, 0.15) is 74.1 Å². The Balaban J connectivity index is 1.45. The number of hydrogen-bond donors (Lipinski definition) is 4. The number of nitrogens with zero attached hydrogens (tertiary/aromatic N) is 1. The Morgan fingerprint density at radius 3 is 2.36 bits per heavy atom. The molecule has 9 heteroatoms. The van der Waals surface area contributed by atoms with E-state index in [-0.39, 0.29) is 30.3 Å². The van der Waals surface area contributed by atoms with Crippen molar-refractivity contribution in [3.05, 3.63) is 64.7 Å². The molecule has 5 atom stereocenters. The van der Waals surface area contributed by atoms with E-state index in [1.807, 2.05) is 31.2 Å². The number of amides is 3. The van der Waals surface area contributed by atoms with Crippen LogP contribution in [0.2, 0.25) is 0 Å². The first-order chi connectivity index (χ1) is 21.7. The molecule has 1 saturated carbocycles. The van der Waals surface area contributed by atoms with Crippen molar-refractivity contribution in [2.24, 2.45) is 5.92 Å². The van der Waals surface area contributed by atoms with Crippen molar-refractivity contribution in [1.29, 1.82) is 0 Å². The number of ether oxygens (including phenoxy) is 1. The van der Waals surface area contributed by atoms with Gasteiger partial charge in [-0.3, -0.25) is 14.4 Å². The first kappa shape index (κ1) is 32.9. The molecule has 0 spiro atoms. The molecule has 1 aliphatic carbocycles. The van der Waals surface area contributed by atoms with Gasteiger partial charge >= 0.3 is 0 Å². The zero-order valence-electron chi connectivity index (χ0n) is 27.0. The number of carbonyl (C=O) groups is 3. The van der Waals surface area contributed by atoms with E-state index in [4.69, 9.17) is 4.74 Å². The Morgan fingerprint density at radius 1 is 0.933 bits per heavy atom. The minimum absolute atomic E-state index is 0.0835. The predicted molar refractivity (Wildman–Crippen MR) is 174 cm³/mol. The number of aryl methyl sites for hydroxylation is 3. The summed E-state index contributed by atoms with van der Waals surface area (Å²) < 4.78 is 6.57. The second-order valence-corrected chi connectivity index (χ2v) is 13.2. The maximum Gasteiger partial charge on any atom is 0.246 e. The van der Waals surface area contributed by atoms with Gasteiger partial charge in [-0.2, -0.15) is 0 Å². The monoisotopic (exact) mass is 618 g/mol. The zero-order valence-corrected chi connectivity index (χ0v) is 27.0. The number of hydrogen-bond acceptors (Lipinski definition) is 6. The standard InChI is InChI=1S/C36H50N4O5/c1-23-14-16-25(17-15-23)21-30-34(42)37-20-8-13-27-11-7-12-28-18-19-29(45-33(27)28)22-38-31(26-9-5-4-6-10-26)36(44)40(3)32(24(2)41)35(43)39-30/h7,11-12,14-17,24,26,29-32,38,41H,4-6,8-10,13,18-22H2,1-3H3,(H,37,42)(H,39,43)/t24?,29?,30-,31+,32+/m1/s1. The second-order valence-electron chi connectivity index (χ2n) is 13.2. The lowest BCUT2D eigenvalue weighted by molar-refractivity contribution is -0.146. The van der Waals surface area contributed by atoms with Gasteiger partial charge < -0.3 is 30.7 Å². The molecule has 4 N–H and O–H groups in total. The van der Waals surface area contributed by atoms with Crippen molar-refractivity contribution in [2.45, 2.75) is 108 Å². The van der Waals surface area contributed by atoms with E-state index in [2.05, 4.69) is 34.1 Å². The van der Waals surface area contributed by atoms with E-state index in [1.165, 1.54) is 17.4 Å². The minimum atomic E-state index is -1.15. The van der Waals surface area contributed by atoms with Gasteiger partial charge in [-0.15, -0.1) is 0 Å². The highest BCUT2D eigenvalue weighted by Crippen LogP contribution is 2.33. The quantitative estimate of drug-likeness (QED) is 0.418. The highest BCUT2D eigenvalue weighted by atomic mass is 16.5. The van der Waals surface area contributed by atoms with Gasteiger partial charge in [0, 0.05) is 26.6 Å². The van der Waals surface area contributed by atoms with E-state index >= 15 is 0 Å². The number of benzene rings is 2. The van der Waals surface area contributed by atoms with Crippen molar-refractivity contribution < 1.29 is 24.2 Å². The van der Waals surface area contributed by atoms with Crippen molar-refractivity contribution in [2.75, 3.05) is 20.1 Å². The van der Waals surface area contributed by atoms with Crippen LogP contribution < -0.4 is 20.7 Å². The van der Waals surface area contributed by atoms with Crippen LogP contribution in [0.25, 0.3) is 0 Å². The Morgan fingerprint density at radius 2 is 1.64 bits per heavy atom. The number of carbonyl (C=O) groups excluding carboxylic acids is 3. The molecular formula is C36H50N4O5. The van der Waals surface area contributed by atoms with Crippen LogP contribution in [0.4, 0.5) is 0 Å².